The molecule has 24 heavy (non-hydrogen) atoms. The van der Waals surface area contributed by atoms with Crippen molar-refractivity contribution in [3.63, 3.8) is 0 Å². The Hall–Kier alpha value is -2.31. The zero-order valence-corrected chi connectivity index (χ0v) is 14.4. The van der Waals surface area contributed by atoms with Crippen molar-refractivity contribution in [2.45, 2.75) is 64.1 Å². The fourth-order valence-corrected chi connectivity index (χ4v) is 2.89. The molecule has 2 rings (SSSR count). The molecule has 0 bridgehead atoms. The number of nitro benzene ring substituents is 1. The molecule has 0 aromatic heterocycles. The minimum absolute atomic E-state index is 0.0408. The SMILES string of the molecule is CC(C)(C)OC(=O)N[C@@H]1CCCC[C@H]1Nc1ccccc1[N+](=O)[O-]. The van der Waals surface area contributed by atoms with E-state index in [4.69, 9.17) is 4.74 Å². The molecule has 0 spiro atoms. The van der Waals surface area contributed by atoms with Gasteiger partial charge in [-0.15, -0.1) is 0 Å². The second-order valence-corrected chi connectivity index (χ2v) is 7.06. The van der Waals surface area contributed by atoms with Crippen LogP contribution in [0.2, 0.25) is 0 Å². The van der Waals surface area contributed by atoms with Crippen LogP contribution in [0.4, 0.5) is 16.2 Å². The Morgan fingerprint density at radius 2 is 1.83 bits per heavy atom. The number of rotatable bonds is 4. The Kier molecular flexibility index (Phi) is 5.64. The van der Waals surface area contributed by atoms with Gasteiger partial charge in [-0.3, -0.25) is 10.1 Å². The summed E-state index contributed by atoms with van der Waals surface area (Å²) in [6.45, 7) is 5.45. The average molecular weight is 335 g/mol. The van der Waals surface area contributed by atoms with Crippen LogP contribution < -0.4 is 10.6 Å². The highest BCUT2D eigenvalue weighted by Gasteiger charge is 2.29. The maximum absolute atomic E-state index is 12.0. The van der Waals surface area contributed by atoms with Gasteiger partial charge in [0, 0.05) is 12.1 Å². The van der Waals surface area contributed by atoms with Crippen LogP contribution in [0.3, 0.4) is 0 Å². The summed E-state index contributed by atoms with van der Waals surface area (Å²) in [6.07, 6.45) is 3.23. The molecule has 132 valence electrons. The standard InChI is InChI=1S/C17H25N3O4/c1-17(2,3)24-16(21)19-13-9-5-4-8-12(13)18-14-10-6-7-11-15(14)20(22)23/h6-7,10-13,18H,4-5,8-9H2,1-3H3,(H,19,21)/t12-,13-/m1/s1. The summed E-state index contributed by atoms with van der Waals surface area (Å²) in [6, 6.07) is 6.38. The van der Waals surface area contributed by atoms with Gasteiger partial charge in [0.25, 0.3) is 5.69 Å². The summed E-state index contributed by atoms with van der Waals surface area (Å²) in [5.41, 5.74) is -0.0376. The maximum atomic E-state index is 12.0. The van der Waals surface area contributed by atoms with Crippen molar-refractivity contribution in [3.8, 4) is 0 Å². The highest BCUT2D eigenvalue weighted by molar-refractivity contribution is 5.68. The molecular formula is C17H25N3O4. The van der Waals surface area contributed by atoms with E-state index >= 15 is 0 Å². The van der Waals surface area contributed by atoms with E-state index in [1.807, 2.05) is 20.8 Å². The van der Waals surface area contributed by atoms with Crippen molar-refractivity contribution in [1.29, 1.82) is 0 Å². The molecule has 1 fully saturated rings. The van der Waals surface area contributed by atoms with E-state index in [0.29, 0.717) is 5.69 Å². The summed E-state index contributed by atoms with van der Waals surface area (Å²) in [5, 5.41) is 17.3. The predicted octanol–water partition coefficient (Wildman–Crippen LogP) is 3.84. The van der Waals surface area contributed by atoms with Gasteiger partial charge in [-0.05, 0) is 39.7 Å². The van der Waals surface area contributed by atoms with Crippen LogP contribution in [0.25, 0.3) is 0 Å². The molecule has 1 aromatic carbocycles. The van der Waals surface area contributed by atoms with E-state index in [9.17, 15) is 14.9 Å². The van der Waals surface area contributed by atoms with Gasteiger partial charge >= 0.3 is 6.09 Å². The van der Waals surface area contributed by atoms with Crippen molar-refractivity contribution in [1.82, 2.24) is 5.32 Å². The van der Waals surface area contributed by atoms with Gasteiger partial charge in [0.2, 0.25) is 0 Å². The Labute approximate surface area is 141 Å². The first kappa shape index (κ1) is 18.0. The Morgan fingerprint density at radius 3 is 2.46 bits per heavy atom. The molecule has 1 saturated carbocycles. The van der Waals surface area contributed by atoms with Crippen LogP contribution in [-0.2, 0) is 4.74 Å². The second-order valence-electron chi connectivity index (χ2n) is 7.06. The molecule has 0 heterocycles. The summed E-state index contributed by atoms with van der Waals surface area (Å²) >= 11 is 0. The monoisotopic (exact) mass is 335 g/mol. The first-order valence-electron chi connectivity index (χ1n) is 8.26. The number of alkyl carbamates (subject to hydrolysis) is 1. The third kappa shape index (κ3) is 5.11. The second kappa shape index (κ2) is 7.51. The van der Waals surface area contributed by atoms with E-state index in [1.165, 1.54) is 6.07 Å². The van der Waals surface area contributed by atoms with Crippen molar-refractivity contribution in [3.05, 3.63) is 34.4 Å². The minimum Gasteiger partial charge on any atom is -0.444 e. The topological polar surface area (TPSA) is 93.5 Å². The largest absolute Gasteiger partial charge is 0.444 e. The number of benzene rings is 1. The highest BCUT2D eigenvalue weighted by Crippen LogP contribution is 2.28. The quantitative estimate of drug-likeness (QED) is 0.644. The number of nitrogens with one attached hydrogen (secondary N) is 2. The van der Waals surface area contributed by atoms with E-state index < -0.39 is 16.6 Å². The molecule has 1 aliphatic rings. The minimum atomic E-state index is -0.556. The number of hydrogen-bond acceptors (Lipinski definition) is 5. The van der Waals surface area contributed by atoms with Gasteiger partial charge in [0.15, 0.2) is 0 Å². The van der Waals surface area contributed by atoms with E-state index in [-0.39, 0.29) is 17.8 Å². The summed E-state index contributed by atoms with van der Waals surface area (Å²) in [5.74, 6) is 0. The van der Waals surface area contributed by atoms with Gasteiger partial charge < -0.3 is 15.4 Å². The molecule has 0 radical (unpaired) electrons. The fourth-order valence-electron chi connectivity index (χ4n) is 2.89. The van der Waals surface area contributed by atoms with Crippen molar-refractivity contribution >= 4 is 17.5 Å². The summed E-state index contributed by atoms with van der Waals surface area (Å²) in [7, 11) is 0. The Balaban J connectivity index is 2.07. The number of nitro groups is 1. The third-order valence-electron chi connectivity index (χ3n) is 3.91. The zero-order valence-electron chi connectivity index (χ0n) is 14.4. The van der Waals surface area contributed by atoms with E-state index in [1.54, 1.807) is 18.2 Å². The zero-order chi connectivity index (χ0) is 17.7. The first-order chi connectivity index (χ1) is 11.3. The Bertz CT molecular complexity index is 598. The van der Waals surface area contributed by atoms with Crippen LogP contribution in [0.5, 0.6) is 0 Å². The smallest absolute Gasteiger partial charge is 0.407 e. The average Bonchev–Trinajstić information content (AvgIpc) is 2.47. The number of carbonyl (C=O) groups is 1. The number of hydrogen-bond donors (Lipinski definition) is 2. The van der Waals surface area contributed by atoms with Crippen molar-refractivity contribution in [2.24, 2.45) is 0 Å². The van der Waals surface area contributed by atoms with E-state index in [0.717, 1.165) is 25.7 Å². The fraction of sp³-hybridized carbons (Fsp3) is 0.588. The molecule has 1 amide bonds. The van der Waals surface area contributed by atoms with Crippen LogP contribution in [0.1, 0.15) is 46.5 Å². The molecule has 0 unspecified atom stereocenters. The van der Waals surface area contributed by atoms with E-state index in [2.05, 4.69) is 10.6 Å². The van der Waals surface area contributed by atoms with Crippen LogP contribution in [-0.4, -0.2) is 28.7 Å². The van der Waals surface area contributed by atoms with Gasteiger partial charge in [-0.1, -0.05) is 25.0 Å². The number of nitrogens with zero attached hydrogens (tertiary/aromatic N) is 1. The van der Waals surface area contributed by atoms with Crippen molar-refractivity contribution in [2.75, 3.05) is 5.32 Å². The number of carbonyl (C=O) groups excluding carboxylic acids is 1. The molecule has 7 nitrogen and oxygen atoms in total. The number of amides is 1. The van der Waals surface area contributed by atoms with Crippen molar-refractivity contribution < 1.29 is 14.5 Å². The molecule has 1 aliphatic carbocycles. The molecule has 2 atom stereocenters. The third-order valence-corrected chi connectivity index (χ3v) is 3.91. The molecule has 7 heteroatoms. The van der Waals surface area contributed by atoms with Crippen LogP contribution >= 0.6 is 0 Å². The van der Waals surface area contributed by atoms with Gasteiger partial charge in [-0.2, -0.15) is 0 Å². The molecular weight excluding hydrogens is 310 g/mol. The van der Waals surface area contributed by atoms with Crippen LogP contribution in [0, 0.1) is 10.1 Å². The normalized spacial score (nSPS) is 21.0. The lowest BCUT2D eigenvalue weighted by Crippen LogP contribution is -2.49. The number of anilines is 1. The molecule has 0 saturated heterocycles. The first-order valence-corrected chi connectivity index (χ1v) is 8.26. The lowest BCUT2D eigenvalue weighted by Gasteiger charge is -2.33. The van der Waals surface area contributed by atoms with Gasteiger partial charge in [0.1, 0.15) is 11.3 Å². The maximum Gasteiger partial charge on any atom is 0.407 e. The summed E-state index contributed by atoms with van der Waals surface area (Å²) < 4.78 is 5.31. The summed E-state index contributed by atoms with van der Waals surface area (Å²) in [4.78, 5) is 22.8. The van der Waals surface area contributed by atoms with Crippen LogP contribution in [0.15, 0.2) is 24.3 Å². The highest BCUT2D eigenvalue weighted by atomic mass is 16.6. The molecule has 1 aromatic rings. The Morgan fingerprint density at radius 1 is 1.21 bits per heavy atom. The van der Waals surface area contributed by atoms with Gasteiger partial charge in [0.05, 0.1) is 11.0 Å². The predicted molar refractivity (Wildman–Crippen MR) is 92.1 cm³/mol. The lowest BCUT2D eigenvalue weighted by molar-refractivity contribution is -0.384. The molecule has 2 N–H and O–H groups in total. The lowest BCUT2D eigenvalue weighted by atomic mass is 9.90. The number of para-hydroxylation sites is 2. The number of ether oxygens (including phenoxy) is 1. The van der Waals surface area contributed by atoms with Gasteiger partial charge in [-0.25, -0.2) is 4.79 Å². The molecule has 0 aliphatic heterocycles.